The van der Waals surface area contributed by atoms with E-state index in [0.717, 1.165) is 0 Å². The Morgan fingerprint density at radius 3 is 2.15 bits per heavy atom. The molecule has 0 atom stereocenters. The van der Waals surface area contributed by atoms with Gasteiger partial charge in [-0.3, -0.25) is 4.79 Å². The largest absolute Gasteiger partial charge is 0.493 e. The van der Waals surface area contributed by atoms with E-state index in [1.54, 1.807) is 12.1 Å². The number of nitrogens with one attached hydrogen (secondary N) is 1. The highest BCUT2D eigenvalue weighted by atomic mass is 35.6. The van der Waals surface area contributed by atoms with Crippen molar-refractivity contribution in [3.63, 3.8) is 0 Å². The zero-order chi connectivity index (χ0) is 15.3. The zero-order valence-electron chi connectivity index (χ0n) is 11.1. The van der Waals surface area contributed by atoms with Crippen molar-refractivity contribution >= 4 is 40.7 Å². The van der Waals surface area contributed by atoms with Crippen molar-refractivity contribution in [2.75, 3.05) is 21.3 Å². The van der Waals surface area contributed by atoms with E-state index in [1.807, 2.05) is 0 Å². The number of alkyl halides is 3. The molecule has 0 aliphatic carbocycles. The molecule has 0 radical (unpaired) electrons. The Balaban J connectivity index is 2.99. The van der Waals surface area contributed by atoms with Crippen molar-refractivity contribution in [1.82, 2.24) is 5.32 Å². The molecule has 20 heavy (non-hydrogen) atoms. The summed E-state index contributed by atoms with van der Waals surface area (Å²) in [4.78, 5) is 11.5. The van der Waals surface area contributed by atoms with Crippen LogP contribution in [0.1, 0.15) is 5.56 Å². The molecular formula is C12H14Cl3NO4. The highest BCUT2D eigenvalue weighted by Crippen LogP contribution is 2.39. The topological polar surface area (TPSA) is 56.8 Å². The van der Waals surface area contributed by atoms with Crippen LogP contribution in [-0.4, -0.2) is 31.0 Å². The summed E-state index contributed by atoms with van der Waals surface area (Å²) in [7, 11) is 4.49. The second-order valence-corrected chi connectivity index (χ2v) is 5.96. The number of benzene rings is 1. The highest BCUT2D eigenvalue weighted by Gasteiger charge is 2.30. The predicted octanol–water partition coefficient (Wildman–Crippen LogP) is 2.70. The average Bonchev–Trinajstić information content (AvgIpc) is 2.42. The van der Waals surface area contributed by atoms with Crippen molar-refractivity contribution in [2.45, 2.75) is 10.3 Å². The minimum Gasteiger partial charge on any atom is -0.493 e. The molecule has 8 heteroatoms. The smallest absolute Gasteiger partial charge is 0.272 e. The normalized spacial score (nSPS) is 10.9. The summed E-state index contributed by atoms with van der Waals surface area (Å²) in [6.07, 6.45) is 0. The Hall–Kier alpha value is -1.04. The first kappa shape index (κ1) is 17.0. The first-order chi connectivity index (χ1) is 9.35. The number of carbonyl (C=O) groups is 1. The predicted molar refractivity (Wildman–Crippen MR) is 78.2 cm³/mol. The molecule has 1 aromatic carbocycles. The molecule has 1 aromatic rings. The van der Waals surface area contributed by atoms with E-state index in [2.05, 4.69) is 5.32 Å². The number of halogens is 3. The van der Waals surface area contributed by atoms with Gasteiger partial charge in [-0.2, -0.15) is 0 Å². The first-order valence-corrected chi connectivity index (χ1v) is 6.61. The van der Waals surface area contributed by atoms with Crippen LogP contribution in [-0.2, 0) is 11.3 Å². The molecule has 0 spiro atoms. The quantitative estimate of drug-likeness (QED) is 0.836. The van der Waals surface area contributed by atoms with Crippen LogP contribution in [0.3, 0.4) is 0 Å². The summed E-state index contributed by atoms with van der Waals surface area (Å²) in [5, 5.41) is 2.49. The van der Waals surface area contributed by atoms with Gasteiger partial charge in [-0.05, 0) is 12.1 Å². The van der Waals surface area contributed by atoms with Crippen LogP contribution in [0.4, 0.5) is 0 Å². The summed E-state index contributed by atoms with van der Waals surface area (Å²) in [6, 6.07) is 3.41. The number of rotatable bonds is 5. The van der Waals surface area contributed by atoms with Gasteiger partial charge in [0.2, 0.25) is 5.75 Å². The third kappa shape index (κ3) is 3.98. The Morgan fingerprint density at radius 2 is 1.70 bits per heavy atom. The summed E-state index contributed by atoms with van der Waals surface area (Å²) >= 11 is 16.4. The molecule has 0 aliphatic heterocycles. The number of hydrogen-bond acceptors (Lipinski definition) is 4. The Morgan fingerprint density at radius 1 is 1.10 bits per heavy atom. The van der Waals surface area contributed by atoms with Gasteiger partial charge in [-0.25, -0.2) is 0 Å². The maximum atomic E-state index is 11.5. The highest BCUT2D eigenvalue weighted by molar-refractivity contribution is 6.76. The van der Waals surface area contributed by atoms with E-state index in [0.29, 0.717) is 22.8 Å². The van der Waals surface area contributed by atoms with Gasteiger partial charge in [0.05, 0.1) is 21.3 Å². The number of amides is 1. The lowest BCUT2D eigenvalue weighted by atomic mass is 10.1. The van der Waals surface area contributed by atoms with Gasteiger partial charge in [0.1, 0.15) is 0 Å². The van der Waals surface area contributed by atoms with Crippen LogP contribution in [0.25, 0.3) is 0 Å². The minimum absolute atomic E-state index is 0.121. The van der Waals surface area contributed by atoms with Gasteiger partial charge in [0.15, 0.2) is 11.5 Å². The van der Waals surface area contributed by atoms with Crippen LogP contribution in [0.15, 0.2) is 12.1 Å². The van der Waals surface area contributed by atoms with Crippen molar-refractivity contribution in [3.05, 3.63) is 17.7 Å². The fraction of sp³-hybridized carbons (Fsp3) is 0.417. The fourth-order valence-corrected chi connectivity index (χ4v) is 1.78. The molecule has 0 aliphatic rings. The molecule has 0 aromatic heterocycles. The molecular weight excluding hydrogens is 328 g/mol. The molecule has 0 unspecified atom stereocenters. The molecule has 112 valence electrons. The van der Waals surface area contributed by atoms with E-state index >= 15 is 0 Å². The van der Waals surface area contributed by atoms with E-state index in [9.17, 15) is 4.79 Å². The lowest BCUT2D eigenvalue weighted by Gasteiger charge is -2.17. The summed E-state index contributed by atoms with van der Waals surface area (Å²) in [5.74, 6) is 0.659. The monoisotopic (exact) mass is 341 g/mol. The molecule has 0 bridgehead atoms. The molecule has 0 fully saturated rings. The minimum atomic E-state index is -2.01. The third-order valence-electron chi connectivity index (χ3n) is 2.48. The van der Waals surface area contributed by atoms with Crippen LogP contribution < -0.4 is 19.5 Å². The van der Waals surface area contributed by atoms with Crippen molar-refractivity contribution in [2.24, 2.45) is 0 Å². The average molecular weight is 343 g/mol. The Bertz CT molecular complexity index is 488. The third-order valence-corrected chi connectivity index (χ3v) is 3.00. The van der Waals surface area contributed by atoms with Crippen molar-refractivity contribution in [3.8, 4) is 17.2 Å². The zero-order valence-corrected chi connectivity index (χ0v) is 13.4. The van der Waals surface area contributed by atoms with Crippen LogP contribution in [0.5, 0.6) is 17.2 Å². The molecule has 0 saturated heterocycles. The fourth-order valence-electron chi connectivity index (χ4n) is 1.58. The molecule has 0 saturated carbocycles. The van der Waals surface area contributed by atoms with E-state index < -0.39 is 9.70 Å². The number of carbonyl (C=O) groups excluding carboxylic acids is 1. The molecule has 1 amide bonds. The molecule has 1 rings (SSSR count). The van der Waals surface area contributed by atoms with Crippen LogP contribution in [0.2, 0.25) is 0 Å². The standard InChI is InChI=1S/C12H14Cl3NO4/c1-18-8-5-4-7(9(19-2)10(8)20-3)6-16-11(17)12(13,14)15/h4-5H,6H2,1-3H3,(H,16,17). The second-order valence-electron chi connectivity index (χ2n) is 3.67. The van der Waals surface area contributed by atoms with Gasteiger partial charge < -0.3 is 19.5 Å². The van der Waals surface area contributed by atoms with E-state index in [4.69, 9.17) is 49.0 Å². The lowest BCUT2D eigenvalue weighted by molar-refractivity contribution is -0.120. The van der Waals surface area contributed by atoms with Gasteiger partial charge in [-0.15, -0.1) is 0 Å². The summed E-state index contributed by atoms with van der Waals surface area (Å²) in [6.45, 7) is 0.121. The van der Waals surface area contributed by atoms with Gasteiger partial charge >= 0.3 is 0 Å². The second kappa shape index (κ2) is 7.11. The number of ether oxygens (including phenoxy) is 3. The van der Waals surface area contributed by atoms with Crippen LogP contribution >= 0.6 is 34.8 Å². The summed E-state index contributed by atoms with van der Waals surface area (Å²) < 4.78 is 13.7. The molecule has 5 nitrogen and oxygen atoms in total. The first-order valence-electron chi connectivity index (χ1n) is 5.48. The Labute approximate surface area is 132 Å². The van der Waals surface area contributed by atoms with Gasteiger partial charge in [0.25, 0.3) is 9.70 Å². The van der Waals surface area contributed by atoms with Gasteiger partial charge in [0, 0.05) is 12.1 Å². The van der Waals surface area contributed by atoms with Crippen molar-refractivity contribution in [1.29, 1.82) is 0 Å². The Kier molecular flexibility index (Phi) is 6.05. The number of methoxy groups -OCH3 is 3. The SMILES string of the molecule is COc1ccc(CNC(=O)C(Cl)(Cl)Cl)c(OC)c1OC. The maximum absolute atomic E-state index is 11.5. The van der Waals surface area contributed by atoms with E-state index in [-0.39, 0.29) is 6.54 Å². The molecule has 0 heterocycles. The van der Waals surface area contributed by atoms with Crippen LogP contribution in [0, 0.1) is 0 Å². The number of hydrogen-bond donors (Lipinski definition) is 1. The van der Waals surface area contributed by atoms with E-state index in [1.165, 1.54) is 21.3 Å². The summed E-state index contributed by atoms with van der Waals surface area (Å²) in [5.41, 5.74) is 0.660. The lowest BCUT2D eigenvalue weighted by Crippen LogP contribution is -2.34. The van der Waals surface area contributed by atoms with Gasteiger partial charge in [-0.1, -0.05) is 34.8 Å². The molecule has 1 N–H and O–H groups in total. The van der Waals surface area contributed by atoms with Crippen molar-refractivity contribution < 1.29 is 19.0 Å². The maximum Gasteiger partial charge on any atom is 0.272 e.